The molecule has 0 unspecified atom stereocenters. The van der Waals surface area contributed by atoms with Crippen molar-refractivity contribution >= 4 is 17.9 Å². The lowest BCUT2D eigenvalue weighted by Crippen LogP contribution is -2.18. The van der Waals surface area contributed by atoms with Crippen LogP contribution in [0, 0.1) is 0 Å². The molecule has 1 aliphatic rings. The quantitative estimate of drug-likeness (QED) is 0.512. The van der Waals surface area contributed by atoms with Crippen molar-refractivity contribution in [3.63, 3.8) is 0 Å². The number of ketones is 1. The first-order valence-corrected chi connectivity index (χ1v) is 8.60. The second kappa shape index (κ2) is 8.70. The zero-order chi connectivity index (χ0) is 22.6. The van der Waals surface area contributed by atoms with Crippen molar-refractivity contribution in [1.29, 1.82) is 0 Å². The van der Waals surface area contributed by atoms with Crippen molar-refractivity contribution in [3.05, 3.63) is 47.3 Å². The van der Waals surface area contributed by atoms with Crippen LogP contribution in [0.2, 0.25) is 0 Å². The molecule has 0 atom stereocenters. The zero-order valence-corrected chi connectivity index (χ0v) is 15.4. The van der Waals surface area contributed by atoms with Crippen LogP contribution in [0.3, 0.4) is 0 Å². The van der Waals surface area contributed by atoms with Gasteiger partial charge in [-0.1, -0.05) is 0 Å². The third-order valence-corrected chi connectivity index (χ3v) is 3.82. The van der Waals surface area contributed by atoms with E-state index in [1.54, 1.807) is 0 Å². The number of carbonyl (C=O) groups excluding carboxylic acids is 1. The molecule has 0 aromatic carbocycles. The molecule has 2 aromatic rings. The summed E-state index contributed by atoms with van der Waals surface area (Å²) >= 11 is 0. The normalized spacial score (nSPS) is 17.8. The third kappa shape index (κ3) is 6.76. The highest BCUT2D eigenvalue weighted by Crippen LogP contribution is 2.28. The number of nitrogens with zero attached hydrogens (tertiary/aromatic N) is 4. The minimum atomic E-state index is -4.94. The number of alkyl halides is 6. The Kier molecular flexibility index (Phi) is 6.22. The maximum atomic E-state index is 12.7. The zero-order valence-electron chi connectivity index (χ0n) is 15.4. The van der Waals surface area contributed by atoms with E-state index in [1.165, 1.54) is 12.2 Å². The van der Waals surface area contributed by atoms with Gasteiger partial charge < -0.3 is 9.47 Å². The summed E-state index contributed by atoms with van der Waals surface area (Å²) in [6.07, 6.45) is -2.30. The van der Waals surface area contributed by atoms with Crippen LogP contribution < -0.4 is 9.47 Å². The second-order valence-corrected chi connectivity index (χ2v) is 6.18. The molecule has 0 bridgehead atoms. The van der Waals surface area contributed by atoms with Crippen LogP contribution in [-0.4, -0.2) is 38.4 Å². The number of aromatic nitrogens is 4. The van der Waals surface area contributed by atoms with Gasteiger partial charge in [-0.15, -0.1) is 26.3 Å². The van der Waals surface area contributed by atoms with E-state index in [2.05, 4.69) is 29.4 Å². The van der Waals surface area contributed by atoms with Crippen LogP contribution in [-0.2, 0) is 4.79 Å². The van der Waals surface area contributed by atoms with Crippen LogP contribution in [0.25, 0.3) is 12.2 Å². The molecule has 164 valence electrons. The molecule has 13 heteroatoms. The van der Waals surface area contributed by atoms with E-state index in [-0.39, 0.29) is 22.5 Å². The molecular weight excluding hydrogens is 434 g/mol. The predicted octanol–water partition coefficient (Wildman–Crippen LogP) is 4.28. The maximum absolute atomic E-state index is 12.7. The Labute approximate surface area is 170 Å². The molecule has 0 aliphatic heterocycles. The van der Waals surface area contributed by atoms with Gasteiger partial charge in [0.25, 0.3) is 0 Å². The average molecular weight is 446 g/mol. The predicted molar refractivity (Wildman–Crippen MR) is 92.2 cm³/mol. The highest BCUT2D eigenvalue weighted by atomic mass is 19.4. The lowest BCUT2D eigenvalue weighted by atomic mass is 9.88. The van der Waals surface area contributed by atoms with Crippen LogP contribution in [0.5, 0.6) is 11.8 Å². The van der Waals surface area contributed by atoms with Crippen LogP contribution in [0.1, 0.15) is 30.7 Å². The smallest absolute Gasteiger partial charge is 0.386 e. The Balaban J connectivity index is 1.82. The van der Waals surface area contributed by atoms with E-state index in [0.717, 1.165) is 24.8 Å². The van der Waals surface area contributed by atoms with Gasteiger partial charge in [-0.25, -0.2) is 9.97 Å². The number of hydrogen-bond acceptors (Lipinski definition) is 7. The summed E-state index contributed by atoms with van der Waals surface area (Å²) in [4.78, 5) is 27.2. The van der Waals surface area contributed by atoms with Gasteiger partial charge >= 0.3 is 12.7 Å². The molecule has 7 nitrogen and oxygen atoms in total. The maximum Gasteiger partial charge on any atom is 0.574 e. The first-order chi connectivity index (χ1) is 14.5. The van der Waals surface area contributed by atoms with E-state index in [4.69, 9.17) is 0 Å². The summed E-state index contributed by atoms with van der Waals surface area (Å²) in [5, 5.41) is 0. The summed E-state index contributed by atoms with van der Waals surface area (Å²) in [7, 11) is 0. The largest absolute Gasteiger partial charge is 0.574 e. The van der Waals surface area contributed by atoms with Gasteiger partial charge in [0.1, 0.15) is 0 Å². The van der Waals surface area contributed by atoms with Crippen molar-refractivity contribution in [2.45, 2.75) is 32.0 Å². The lowest BCUT2D eigenvalue weighted by molar-refractivity contribution is -0.277. The average Bonchev–Trinajstić information content (AvgIpc) is 2.63. The van der Waals surface area contributed by atoms with Gasteiger partial charge in [0, 0.05) is 11.1 Å². The molecule has 2 heterocycles. The molecular formula is C18H12F6N4O3. The van der Waals surface area contributed by atoms with E-state index < -0.39 is 30.3 Å². The molecule has 0 N–H and O–H groups in total. The number of hydrogen-bond donors (Lipinski definition) is 0. The van der Waals surface area contributed by atoms with Crippen molar-refractivity contribution in [2.24, 2.45) is 0 Å². The molecule has 3 rings (SSSR count). The van der Waals surface area contributed by atoms with Crippen molar-refractivity contribution < 1.29 is 40.6 Å². The highest BCUT2D eigenvalue weighted by Gasteiger charge is 2.33. The first-order valence-electron chi connectivity index (χ1n) is 8.60. The fraction of sp³-hybridized carbons (Fsp3) is 0.278. The van der Waals surface area contributed by atoms with E-state index in [1.807, 2.05) is 0 Å². The van der Waals surface area contributed by atoms with E-state index >= 15 is 0 Å². The first kappa shape index (κ1) is 22.2. The molecule has 1 fully saturated rings. The summed E-state index contributed by atoms with van der Waals surface area (Å²) in [6, 6.07) is 0. The number of allylic oxidation sites excluding steroid dienone is 2. The van der Waals surface area contributed by atoms with E-state index in [0.29, 0.717) is 19.3 Å². The molecule has 1 aliphatic carbocycles. The number of halogens is 6. The molecule has 1 saturated carbocycles. The molecule has 0 spiro atoms. The lowest BCUT2D eigenvalue weighted by Gasteiger charge is -2.16. The molecule has 31 heavy (non-hydrogen) atoms. The van der Waals surface area contributed by atoms with Gasteiger partial charge in [-0.05, 0) is 31.4 Å². The van der Waals surface area contributed by atoms with Crippen molar-refractivity contribution in [2.75, 3.05) is 0 Å². The van der Waals surface area contributed by atoms with Gasteiger partial charge in [0.2, 0.25) is 11.8 Å². The van der Waals surface area contributed by atoms with Crippen LogP contribution >= 0.6 is 0 Å². The highest BCUT2D eigenvalue weighted by molar-refractivity contribution is 6.13. The van der Waals surface area contributed by atoms with Gasteiger partial charge in [-0.3, -0.25) is 14.8 Å². The van der Waals surface area contributed by atoms with Crippen molar-refractivity contribution in [3.8, 4) is 11.8 Å². The number of rotatable bonds is 4. The topological polar surface area (TPSA) is 87.1 Å². The minimum Gasteiger partial charge on any atom is -0.386 e. The Hall–Kier alpha value is -3.51. The number of carbonyl (C=O) groups is 1. The Bertz CT molecular complexity index is 954. The molecule has 0 saturated heterocycles. The molecule has 0 radical (unpaired) electrons. The number of ether oxygens (including phenoxy) is 2. The van der Waals surface area contributed by atoms with Gasteiger partial charge in [0.05, 0.1) is 36.2 Å². The van der Waals surface area contributed by atoms with Gasteiger partial charge in [0.15, 0.2) is 5.78 Å². The fourth-order valence-corrected chi connectivity index (χ4v) is 2.73. The number of Topliss-reactive ketones (excluding diaryl/α,β-unsaturated/α-hetero) is 1. The SMILES string of the molecule is O=C1/C(=C/c2cncc(OC(F)(F)F)n2)CCC/C1=C\c1cncc(OC(F)(F)F)n1. The summed E-state index contributed by atoms with van der Waals surface area (Å²) < 4.78 is 81.3. The van der Waals surface area contributed by atoms with Crippen molar-refractivity contribution in [1.82, 2.24) is 19.9 Å². The molecule has 2 aromatic heterocycles. The second-order valence-electron chi connectivity index (χ2n) is 6.18. The fourth-order valence-electron chi connectivity index (χ4n) is 2.73. The Morgan fingerprint density at radius 3 is 1.55 bits per heavy atom. The standard InChI is InChI=1S/C18H12F6N4O3/c19-17(20,21)30-14-8-25-6-12(27-14)4-10-2-1-3-11(16(10)29)5-13-7-26-9-15(28-13)31-18(22,23)24/h4-9H,1-3H2/b10-4+,11-5+. The van der Waals surface area contributed by atoms with Crippen LogP contribution in [0.4, 0.5) is 26.3 Å². The summed E-state index contributed by atoms with van der Waals surface area (Å²) in [5.41, 5.74) is 0.441. The summed E-state index contributed by atoms with van der Waals surface area (Å²) in [6.45, 7) is 0. The van der Waals surface area contributed by atoms with Crippen LogP contribution in [0.15, 0.2) is 35.9 Å². The Morgan fingerprint density at radius 2 is 1.16 bits per heavy atom. The minimum absolute atomic E-state index is 0.0216. The summed E-state index contributed by atoms with van der Waals surface area (Å²) in [5.74, 6) is -2.01. The Morgan fingerprint density at radius 1 is 0.742 bits per heavy atom. The monoisotopic (exact) mass is 446 g/mol. The van der Waals surface area contributed by atoms with Gasteiger partial charge in [-0.2, -0.15) is 0 Å². The van der Waals surface area contributed by atoms with E-state index in [9.17, 15) is 31.1 Å². The third-order valence-electron chi connectivity index (χ3n) is 3.82. The molecule has 0 amide bonds.